The number of rotatable bonds is 5. The third-order valence-corrected chi connectivity index (χ3v) is 3.60. The third-order valence-electron chi connectivity index (χ3n) is 3.60. The zero-order valence-corrected chi connectivity index (χ0v) is 12.6. The predicted molar refractivity (Wildman–Crippen MR) is 81.5 cm³/mol. The zero-order valence-electron chi connectivity index (χ0n) is 12.6. The van der Waals surface area contributed by atoms with Crippen molar-refractivity contribution in [2.45, 2.75) is 12.6 Å². The number of nitrogens with zero attached hydrogens (tertiary/aromatic N) is 4. The van der Waals surface area contributed by atoms with Crippen LogP contribution in [0, 0.1) is 5.82 Å². The second-order valence-electron chi connectivity index (χ2n) is 5.25. The minimum absolute atomic E-state index is 0.241. The van der Waals surface area contributed by atoms with Crippen molar-refractivity contribution >= 4 is 0 Å². The topological polar surface area (TPSA) is 47.7 Å². The van der Waals surface area contributed by atoms with Crippen molar-refractivity contribution in [3.63, 3.8) is 0 Å². The van der Waals surface area contributed by atoms with E-state index in [0.29, 0.717) is 12.1 Å². The van der Waals surface area contributed by atoms with E-state index >= 15 is 0 Å². The molecule has 3 aromatic rings. The van der Waals surface area contributed by atoms with Gasteiger partial charge in [0.15, 0.2) is 0 Å². The van der Waals surface area contributed by atoms with Crippen LogP contribution in [-0.4, -0.2) is 19.3 Å². The lowest BCUT2D eigenvalue weighted by atomic mass is 10.1. The molecule has 0 spiro atoms. The molecule has 5 nitrogen and oxygen atoms in total. The normalized spacial score (nSPS) is 12.5. The Hall–Kier alpha value is -2.47. The predicted octanol–water partition coefficient (Wildman–Crippen LogP) is 2.17. The molecule has 3 rings (SSSR count). The number of nitrogens with one attached hydrogen (secondary N) is 1. The quantitative estimate of drug-likeness (QED) is 0.785. The number of aryl methyl sites for hydroxylation is 2. The van der Waals surface area contributed by atoms with Crippen LogP contribution in [0.4, 0.5) is 4.39 Å². The lowest BCUT2D eigenvalue weighted by Crippen LogP contribution is -2.25. The maximum absolute atomic E-state index is 14.2. The van der Waals surface area contributed by atoms with Gasteiger partial charge in [-0.15, -0.1) is 0 Å². The van der Waals surface area contributed by atoms with E-state index < -0.39 is 0 Å². The summed E-state index contributed by atoms with van der Waals surface area (Å²) >= 11 is 0. The maximum Gasteiger partial charge on any atom is 0.130 e. The Balaban J connectivity index is 1.90. The van der Waals surface area contributed by atoms with Gasteiger partial charge in [0.25, 0.3) is 0 Å². The lowest BCUT2D eigenvalue weighted by molar-refractivity contribution is 0.520. The summed E-state index contributed by atoms with van der Waals surface area (Å²) in [6.07, 6.45) is 7.30. The van der Waals surface area contributed by atoms with Gasteiger partial charge in [-0.1, -0.05) is 18.2 Å². The van der Waals surface area contributed by atoms with Crippen molar-refractivity contribution in [2.75, 3.05) is 0 Å². The summed E-state index contributed by atoms with van der Waals surface area (Å²) in [6.45, 7) is 0.583. The van der Waals surface area contributed by atoms with Crippen molar-refractivity contribution in [1.29, 1.82) is 0 Å². The monoisotopic (exact) mass is 299 g/mol. The van der Waals surface area contributed by atoms with Crippen LogP contribution in [0.3, 0.4) is 0 Å². The molecule has 1 N–H and O–H groups in total. The summed E-state index contributed by atoms with van der Waals surface area (Å²) in [4.78, 5) is 4.36. The summed E-state index contributed by atoms with van der Waals surface area (Å²) in [6, 6.07) is 6.46. The zero-order chi connectivity index (χ0) is 15.5. The van der Waals surface area contributed by atoms with E-state index in [1.165, 1.54) is 6.07 Å². The van der Waals surface area contributed by atoms with E-state index in [0.717, 1.165) is 11.4 Å². The minimum Gasteiger partial charge on any atom is -0.336 e. The summed E-state index contributed by atoms with van der Waals surface area (Å²) in [5.41, 5.74) is 1.62. The number of aromatic nitrogens is 4. The number of halogens is 1. The maximum atomic E-state index is 14.2. The Bertz CT molecular complexity index is 761. The average molecular weight is 299 g/mol. The van der Waals surface area contributed by atoms with Gasteiger partial charge in [-0.25, -0.2) is 9.37 Å². The Labute approximate surface area is 128 Å². The molecule has 0 radical (unpaired) electrons. The van der Waals surface area contributed by atoms with Crippen LogP contribution in [0.15, 0.2) is 49.1 Å². The molecule has 2 aromatic heterocycles. The first kappa shape index (κ1) is 14.5. The average Bonchev–Trinajstić information content (AvgIpc) is 3.10. The highest BCUT2D eigenvalue weighted by Crippen LogP contribution is 2.23. The summed E-state index contributed by atoms with van der Waals surface area (Å²) in [5.74, 6) is 0.531. The summed E-state index contributed by atoms with van der Waals surface area (Å²) in [7, 11) is 3.78. The summed E-state index contributed by atoms with van der Waals surface area (Å²) in [5, 5.41) is 7.52. The molecule has 0 saturated carbocycles. The van der Waals surface area contributed by atoms with Crippen LogP contribution >= 0.6 is 0 Å². The van der Waals surface area contributed by atoms with Gasteiger partial charge in [0.05, 0.1) is 12.2 Å². The second kappa shape index (κ2) is 6.11. The van der Waals surface area contributed by atoms with E-state index in [-0.39, 0.29) is 11.9 Å². The third kappa shape index (κ3) is 2.92. The fraction of sp³-hybridized carbons (Fsp3) is 0.250. The first-order valence-electron chi connectivity index (χ1n) is 7.07. The van der Waals surface area contributed by atoms with E-state index in [4.69, 9.17) is 0 Å². The Kier molecular flexibility index (Phi) is 4.02. The number of benzene rings is 1. The van der Waals surface area contributed by atoms with Crippen LogP contribution in [-0.2, 0) is 20.6 Å². The smallest absolute Gasteiger partial charge is 0.130 e. The highest BCUT2D eigenvalue weighted by molar-refractivity contribution is 5.27. The van der Waals surface area contributed by atoms with Gasteiger partial charge in [0.1, 0.15) is 11.6 Å². The fourth-order valence-electron chi connectivity index (χ4n) is 2.49. The second-order valence-corrected chi connectivity index (χ2v) is 5.25. The molecule has 0 unspecified atom stereocenters. The van der Waals surface area contributed by atoms with Crippen molar-refractivity contribution in [3.8, 4) is 0 Å². The first-order chi connectivity index (χ1) is 10.6. The summed E-state index contributed by atoms with van der Waals surface area (Å²) < 4.78 is 17.8. The van der Waals surface area contributed by atoms with Gasteiger partial charge in [0.2, 0.25) is 0 Å². The molecule has 22 heavy (non-hydrogen) atoms. The van der Waals surface area contributed by atoms with Crippen molar-refractivity contribution < 1.29 is 4.39 Å². The number of hydrogen-bond acceptors (Lipinski definition) is 3. The highest BCUT2D eigenvalue weighted by Gasteiger charge is 2.21. The molecule has 1 atom stereocenters. The molecule has 0 fully saturated rings. The van der Waals surface area contributed by atoms with E-state index in [1.54, 1.807) is 29.2 Å². The van der Waals surface area contributed by atoms with Gasteiger partial charge < -0.3 is 4.57 Å². The van der Waals surface area contributed by atoms with Crippen molar-refractivity contribution in [1.82, 2.24) is 24.6 Å². The Morgan fingerprint density at radius 3 is 2.73 bits per heavy atom. The first-order valence-corrected chi connectivity index (χ1v) is 7.07. The van der Waals surface area contributed by atoms with Gasteiger partial charge in [0, 0.05) is 50.4 Å². The molecule has 0 saturated heterocycles. The molecule has 6 heteroatoms. The van der Waals surface area contributed by atoms with Gasteiger partial charge in [-0.2, -0.15) is 5.10 Å². The molecule has 0 bridgehead atoms. The standard InChI is InChI=1S/C16H18FN5/c1-21-8-7-18-16(21)15(13-5-3-4-6-14(13)17)19-9-12-10-20-22(2)11-12/h3-8,10-11,15,19H,9H2,1-2H3/t15-/m0/s1. The molecule has 0 aliphatic rings. The van der Waals surface area contributed by atoms with Crippen LogP contribution in [0.2, 0.25) is 0 Å². The van der Waals surface area contributed by atoms with Crippen molar-refractivity contribution in [2.24, 2.45) is 14.1 Å². The molecule has 1 aromatic carbocycles. The number of hydrogen-bond donors (Lipinski definition) is 1. The van der Waals surface area contributed by atoms with Crippen molar-refractivity contribution in [3.05, 3.63) is 71.8 Å². The fourth-order valence-corrected chi connectivity index (χ4v) is 2.49. The molecule has 0 aliphatic carbocycles. The van der Waals surface area contributed by atoms with Gasteiger partial charge >= 0.3 is 0 Å². The van der Waals surface area contributed by atoms with Crippen LogP contribution < -0.4 is 5.32 Å². The molecular formula is C16H18FN5. The van der Waals surface area contributed by atoms with Crippen LogP contribution in [0.25, 0.3) is 0 Å². The van der Waals surface area contributed by atoms with E-state index in [9.17, 15) is 4.39 Å². The Morgan fingerprint density at radius 1 is 1.27 bits per heavy atom. The molecule has 114 valence electrons. The van der Waals surface area contributed by atoms with E-state index in [2.05, 4.69) is 15.4 Å². The molecule has 0 aliphatic heterocycles. The number of imidazole rings is 1. The largest absolute Gasteiger partial charge is 0.336 e. The lowest BCUT2D eigenvalue weighted by Gasteiger charge is -2.19. The van der Waals surface area contributed by atoms with E-state index in [1.807, 2.05) is 37.1 Å². The Morgan fingerprint density at radius 2 is 2.09 bits per heavy atom. The minimum atomic E-state index is -0.318. The van der Waals surface area contributed by atoms with Gasteiger partial charge in [-0.05, 0) is 6.07 Å². The highest BCUT2D eigenvalue weighted by atomic mass is 19.1. The molecule has 2 heterocycles. The van der Waals surface area contributed by atoms with Crippen LogP contribution in [0.5, 0.6) is 0 Å². The SMILES string of the molecule is Cn1cc(CN[C@@H](c2ccccc2F)c2nccn2C)cn1. The molecule has 0 amide bonds. The van der Waals surface area contributed by atoms with Gasteiger partial charge in [-0.3, -0.25) is 10.00 Å². The van der Waals surface area contributed by atoms with Crippen LogP contribution in [0.1, 0.15) is 23.0 Å². The molecular weight excluding hydrogens is 281 g/mol.